The molecule has 1 rings (SSSR count). The van der Waals surface area contributed by atoms with E-state index in [0.717, 1.165) is 0 Å². The van der Waals surface area contributed by atoms with Gasteiger partial charge >= 0.3 is 11.9 Å². The SMILES string of the molecule is O=C(O)C(CCCN[C@]1(O)O[C@H](CO)[C@H](O)[C@H](O)[C@H]1O)C(=O)O. The number of rotatable bonds is 8. The topological polar surface area (TPSA) is 197 Å². The maximum Gasteiger partial charge on any atom is 0.317 e. The predicted octanol–water partition coefficient (Wildman–Crippen LogP) is -3.74. The van der Waals surface area contributed by atoms with Gasteiger partial charge in [0.1, 0.15) is 18.3 Å². The van der Waals surface area contributed by atoms with E-state index in [-0.39, 0.29) is 19.4 Å². The van der Waals surface area contributed by atoms with Crippen molar-refractivity contribution in [2.24, 2.45) is 5.92 Å². The van der Waals surface area contributed by atoms with E-state index in [1.54, 1.807) is 0 Å². The lowest BCUT2D eigenvalue weighted by molar-refractivity contribution is -0.361. The molecule has 1 aliphatic rings. The fourth-order valence-corrected chi connectivity index (χ4v) is 2.23. The second kappa shape index (κ2) is 7.97. The third-order valence-electron chi connectivity index (χ3n) is 3.61. The van der Waals surface area contributed by atoms with Gasteiger partial charge in [0.2, 0.25) is 0 Å². The van der Waals surface area contributed by atoms with Crippen LogP contribution < -0.4 is 5.32 Å². The van der Waals surface area contributed by atoms with Crippen LogP contribution in [-0.4, -0.2) is 91.2 Å². The van der Waals surface area contributed by atoms with Crippen molar-refractivity contribution in [1.29, 1.82) is 0 Å². The normalized spacial score (nSPS) is 34.5. The standard InChI is InChI=1S/C12H21NO10/c14-4-6-7(15)8(16)9(17)12(22,23-6)13-3-1-2-5(10(18)19)11(20)21/h5-9,13-17,22H,1-4H2,(H,18,19)(H,20,21)/t6-,7+,8+,9-,12-/m1/s1. The molecule has 134 valence electrons. The molecule has 0 aliphatic carbocycles. The lowest BCUT2D eigenvalue weighted by atomic mass is 9.96. The number of nitrogens with one attached hydrogen (secondary N) is 1. The minimum Gasteiger partial charge on any atom is -0.481 e. The van der Waals surface area contributed by atoms with Crippen LogP contribution >= 0.6 is 0 Å². The number of aliphatic carboxylic acids is 2. The summed E-state index contributed by atoms with van der Waals surface area (Å²) in [7, 11) is 0. The summed E-state index contributed by atoms with van der Waals surface area (Å²) >= 11 is 0. The van der Waals surface area contributed by atoms with E-state index < -0.39 is 54.8 Å². The molecule has 11 heteroatoms. The molecule has 1 aliphatic heterocycles. The minimum absolute atomic E-state index is 0.00406. The van der Waals surface area contributed by atoms with E-state index in [4.69, 9.17) is 20.1 Å². The van der Waals surface area contributed by atoms with Crippen LogP contribution in [-0.2, 0) is 14.3 Å². The lowest BCUT2D eigenvalue weighted by Crippen LogP contribution is -2.70. The molecule has 1 heterocycles. The van der Waals surface area contributed by atoms with Crippen LogP contribution in [0.4, 0.5) is 0 Å². The molecule has 1 saturated heterocycles. The van der Waals surface area contributed by atoms with Crippen molar-refractivity contribution in [2.45, 2.75) is 43.2 Å². The van der Waals surface area contributed by atoms with Crippen molar-refractivity contribution in [3.8, 4) is 0 Å². The van der Waals surface area contributed by atoms with Gasteiger partial charge in [-0.25, -0.2) is 0 Å². The Kier molecular flexibility index (Phi) is 6.83. The smallest absolute Gasteiger partial charge is 0.317 e. The van der Waals surface area contributed by atoms with Crippen LogP contribution in [0.15, 0.2) is 0 Å². The third-order valence-corrected chi connectivity index (χ3v) is 3.61. The van der Waals surface area contributed by atoms with Crippen molar-refractivity contribution >= 4 is 11.9 Å². The molecule has 8 N–H and O–H groups in total. The predicted molar refractivity (Wildman–Crippen MR) is 70.9 cm³/mol. The highest BCUT2D eigenvalue weighted by atomic mass is 16.7. The van der Waals surface area contributed by atoms with Crippen LogP contribution in [0.5, 0.6) is 0 Å². The molecular weight excluding hydrogens is 318 g/mol. The van der Waals surface area contributed by atoms with Crippen molar-refractivity contribution in [2.75, 3.05) is 13.2 Å². The monoisotopic (exact) mass is 339 g/mol. The van der Waals surface area contributed by atoms with E-state index >= 15 is 0 Å². The molecular formula is C12H21NO10. The van der Waals surface area contributed by atoms with Crippen molar-refractivity contribution in [3.05, 3.63) is 0 Å². The van der Waals surface area contributed by atoms with Gasteiger partial charge in [0.05, 0.1) is 6.61 Å². The second-order valence-corrected chi connectivity index (χ2v) is 5.26. The lowest BCUT2D eigenvalue weighted by Gasteiger charge is -2.45. The first-order valence-electron chi connectivity index (χ1n) is 6.90. The zero-order chi connectivity index (χ0) is 17.8. The Morgan fingerprint density at radius 3 is 2.17 bits per heavy atom. The average Bonchev–Trinajstić information content (AvgIpc) is 2.48. The molecule has 11 nitrogen and oxygen atoms in total. The summed E-state index contributed by atoms with van der Waals surface area (Å²) in [6, 6.07) is 0. The van der Waals surface area contributed by atoms with E-state index in [9.17, 15) is 30.0 Å². The van der Waals surface area contributed by atoms with E-state index in [1.165, 1.54) is 0 Å². The van der Waals surface area contributed by atoms with Gasteiger partial charge in [-0.05, 0) is 12.8 Å². The quantitative estimate of drug-likeness (QED) is 0.123. The average molecular weight is 339 g/mol. The maximum atomic E-state index is 10.7. The summed E-state index contributed by atoms with van der Waals surface area (Å²) in [4.78, 5) is 21.4. The van der Waals surface area contributed by atoms with Gasteiger partial charge in [-0.2, -0.15) is 0 Å². The highest BCUT2D eigenvalue weighted by Gasteiger charge is 2.52. The molecule has 1 fully saturated rings. The Morgan fingerprint density at radius 1 is 1.13 bits per heavy atom. The fraction of sp³-hybridized carbons (Fsp3) is 0.833. The molecule has 0 unspecified atom stereocenters. The zero-order valence-corrected chi connectivity index (χ0v) is 12.1. The van der Waals surface area contributed by atoms with Gasteiger partial charge in [0.25, 0.3) is 5.91 Å². The number of aliphatic hydroxyl groups is 5. The van der Waals surface area contributed by atoms with Gasteiger partial charge in [0.15, 0.2) is 12.0 Å². The molecule has 0 spiro atoms. The summed E-state index contributed by atoms with van der Waals surface area (Å²) in [5.41, 5.74) is 0. The van der Waals surface area contributed by atoms with Crippen LogP contribution in [0.25, 0.3) is 0 Å². The van der Waals surface area contributed by atoms with Crippen molar-refractivity contribution in [3.63, 3.8) is 0 Å². The number of hydrogen-bond acceptors (Lipinski definition) is 9. The molecule has 0 radical (unpaired) electrons. The third kappa shape index (κ3) is 4.57. The number of ether oxygens (including phenoxy) is 1. The van der Waals surface area contributed by atoms with Crippen LogP contribution in [0, 0.1) is 5.92 Å². The van der Waals surface area contributed by atoms with Gasteiger partial charge in [0, 0.05) is 6.54 Å². The first-order chi connectivity index (χ1) is 10.6. The Labute approximate surface area is 130 Å². The maximum absolute atomic E-state index is 10.7. The fourth-order valence-electron chi connectivity index (χ4n) is 2.23. The summed E-state index contributed by atoms with van der Waals surface area (Å²) < 4.78 is 4.92. The van der Waals surface area contributed by atoms with Crippen LogP contribution in [0.2, 0.25) is 0 Å². The van der Waals surface area contributed by atoms with Crippen LogP contribution in [0.1, 0.15) is 12.8 Å². The minimum atomic E-state index is -2.48. The summed E-state index contributed by atoms with van der Waals surface area (Å²) in [5.74, 6) is -7.08. The Balaban J connectivity index is 2.58. The molecule has 0 aromatic heterocycles. The number of hydrogen-bond donors (Lipinski definition) is 8. The highest BCUT2D eigenvalue weighted by molar-refractivity contribution is 5.92. The second-order valence-electron chi connectivity index (χ2n) is 5.26. The number of carboxylic acid groups (broad SMARTS) is 2. The molecule has 0 aromatic rings. The Morgan fingerprint density at radius 2 is 1.70 bits per heavy atom. The Hall–Kier alpha value is -1.34. The molecule has 0 amide bonds. The molecule has 23 heavy (non-hydrogen) atoms. The number of carbonyl (C=O) groups is 2. The van der Waals surface area contributed by atoms with E-state index in [1.807, 2.05) is 0 Å². The number of carboxylic acids is 2. The summed E-state index contributed by atoms with van der Waals surface area (Å²) in [6.07, 6.45) is -6.92. The Bertz CT molecular complexity index is 416. The van der Waals surface area contributed by atoms with Gasteiger partial charge in [-0.1, -0.05) is 0 Å². The first kappa shape index (κ1) is 19.7. The van der Waals surface area contributed by atoms with Gasteiger partial charge in [-0.15, -0.1) is 0 Å². The number of aliphatic hydroxyl groups excluding tert-OH is 4. The zero-order valence-electron chi connectivity index (χ0n) is 12.1. The van der Waals surface area contributed by atoms with Gasteiger partial charge < -0.3 is 40.5 Å². The van der Waals surface area contributed by atoms with Crippen molar-refractivity contribution < 1.29 is 50.1 Å². The van der Waals surface area contributed by atoms with Gasteiger partial charge in [-0.3, -0.25) is 14.9 Å². The molecule has 5 atom stereocenters. The van der Waals surface area contributed by atoms with Crippen LogP contribution in [0.3, 0.4) is 0 Å². The molecule has 0 bridgehead atoms. The molecule has 0 aromatic carbocycles. The first-order valence-corrected chi connectivity index (χ1v) is 6.90. The van der Waals surface area contributed by atoms with E-state index in [2.05, 4.69) is 5.32 Å². The summed E-state index contributed by atoms with van der Waals surface area (Å²) in [5, 5.41) is 67.8. The van der Waals surface area contributed by atoms with Crippen molar-refractivity contribution in [1.82, 2.24) is 5.32 Å². The summed E-state index contributed by atoms with van der Waals surface area (Å²) in [6.45, 7) is -0.874. The molecule has 0 saturated carbocycles. The largest absolute Gasteiger partial charge is 0.481 e. The van der Waals surface area contributed by atoms with E-state index in [0.29, 0.717) is 0 Å². The highest BCUT2D eigenvalue weighted by Crippen LogP contribution is 2.26.